The summed E-state index contributed by atoms with van der Waals surface area (Å²) >= 11 is 0. The normalized spacial score (nSPS) is 12.0. The second-order valence-corrected chi connectivity index (χ2v) is 5.74. The molecule has 1 aromatic carbocycles. The number of fused-ring (bicyclic) bond motifs is 1. The van der Waals surface area contributed by atoms with E-state index in [0.29, 0.717) is 11.8 Å². The van der Waals surface area contributed by atoms with E-state index in [-0.39, 0.29) is 5.91 Å². The van der Waals surface area contributed by atoms with Gasteiger partial charge in [-0.25, -0.2) is 4.98 Å². The molecule has 1 fully saturated rings. The van der Waals surface area contributed by atoms with Gasteiger partial charge in [0.05, 0.1) is 14.2 Å². The molecule has 1 aliphatic heterocycles. The molecule has 0 radical (unpaired) electrons. The van der Waals surface area contributed by atoms with Gasteiger partial charge in [-0.15, -0.1) is 0 Å². The number of amides is 1. The van der Waals surface area contributed by atoms with E-state index in [4.69, 9.17) is 9.47 Å². The summed E-state index contributed by atoms with van der Waals surface area (Å²) in [5.74, 6) is 2.15. The van der Waals surface area contributed by atoms with Crippen molar-refractivity contribution in [1.29, 1.82) is 0 Å². The van der Waals surface area contributed by atoms with Crippen molar-refractivity contribution in [3.05, 3.63) is 30.0 Å². The van der Waals surface area contributed by atoms with E-state index in [1.165, 1.54) is 5.56 Å². The summed E-state index contributed by atoms with van der Waals surface area (Å²) in [6.07, 6.45) is 3.52. The van der Waals surface area contributed by atoms with Crippen LogP contribution in [0, 0.1) is 0 Å². The van der Waals surface area contributed by atoms with E-state index < -0.39 is 0 Å². The Labute approximate surface area is 164 Å². The molecule has 152 valence electrons. The summed E-state index contributed by atoms with van der Waals surface area (Å²) in [5, 5.41) is 4.79. The molecule has 1 saturated heterocycles. The molecular weight excluding hydrogens is 340 g/mol. The Morgan fingerprint density at radius 3 is 2.15 bits per heavy atom. The smallest absolute Gasteiger partial charge is 0.221 e. The summed E-state index contributed by atoms with van der Waals surface area (Å²) in [4.78, 5) is 14.3. The molecule has 1 aromatic heterocycles. The van der Waals surface area contributed by atoms with Crippen LogP contribution in [0.2, 0.25) is 0 Å². The number of methoxy groups -OCH3 is 2. The van der Waals surface area contributed by atoms with Crippen molar-refractivity contribution in [2.75, 3.05) is 20.8 Å². The molecule has 0 spiro atoms. The van der Waals surface area contributed by atoms with Crippen molar-refractivity contribution in [3.8, 4) is 11.6 Å². The Kier molecular flexibility index (Phi) is 12.7. The SMILES string of the molecule is CC.CC.COc1cc2c(OC)nccc2cc1C(C)C.O=C1CCCN1. The van der Waals surface area contributed by atoms with E-state index in [1.807, 2.05) is 39.8 Å². The number of hydrogen-bond donors (Lipinski definition) is 1. The molecule has 5 heteroatoms. The number of rotatable bonds is 3. The molecule has 5 nitrogen and oxygen atoms in total. The summed E-state index contributed by atoms with van der Waals surface area (Å²) in [6, 6.07) is 6.13. The quantitative estimate of drug-likeness (QED) is 0.787. The van der Waals surface area contributed by atoms with E-state index >= 15 is 0 Å². The summed E-state index contributed by atoms with van der Waals surface area (Å²) in [6.45, 7) is 13.2. The number of nitrogens with one attached hydrogen (secondary N) is 1. The highest BCUT2D eigenvalue weighted by atomic mass is 16.5. The third-order valence-corrected chi connectivity index (χ3v) is 3.80. The minimum absolute atomic E-state index is 0.204. The van der Waals surface area contributed by atoms with E-state index in [9.17, 15) is 4.79 Å². The fourth-order valence-corrected chi connectivity index (χ4v) is 2.55. The van der Waals surface area contributed by atoms with Crippen LogP contribution in [0.5, 0.6) is 11.6 Å². The van der Waals surface area contributed by atoms with Crippen molar-refractivity contribution in [3.63, 3.8) is 0 Å². The summed E-state index contributed by atoms with van der Waals surface area (Å²) in [5.41, 5.74) is 1.20. The maximum atomic E-state index is 10.1. The minimum Gasteiger partial charge on any atom is -0.496 e. The van der Waals surface area contributed by atoms with Crippen LogP contribution < -0.4 is 14.8 Å². The second-order valence-electron chi connectivity index (χ2n) is 5.74. The first kappa shape index (κ1) is 24.7. The monoisotopic (exact) mass is 376 g/mol. The summed E-state index contributed by atoms with van der Waals surface area (Å²) < 4.78 is 10.7. The maximum absolute atomic E-state index is 10.1. The number of ether oxygens (including phenoxy) is 2. The van der Waals surface area contributed by atoms with Crippen LogP contribution in [-0.2, 0) is 4.79 Å². The highest BCUT2D eigenvalue weighted by molar-refractivity contribution is 5.89. The first-order valence-corrected chi connectivity index (χ1v) is 9.84. The van der Waals surface area contributed by atoms with Crippen molar-refractivity contribution < 1.29 is 14.3 Å². The van der Waals surface area contributed by atoms with E-state index in [1.54, 1.807) is 20.4 Å². The standard InChI is InChI=1S/C14H17NO2.C4H7NO.2C2H6/c1-9(2)11-7-10-5-6-15-14(17-4)12(10)8-13(11)16-3;6-4-2-1-3-5-4;2*1-2/h5-9H,1-4H3;1-3H2,(H,5,6);2*1-2H3. The molecule has 0 bridgehead atoms. The lowest BCUT2D eigenvalue weighted by molar-refractivity contribution is -0.119. The Balaban J connectivity index is 0.000000563. The maximum Gasteiger partial charge on any atom is 0.221 e. The molecule has 27 heavy (non-hydrogen) atoms. The third kappa shape index (κ3) is 7.45. The molecule has 2 heterocycles. The van der Waals surface area contributed by atoms with Gasteiger partial charge in [-0.1, -0.05) is 41.5 Å². The lowest BCUT2D eigenvalue weighted by Crippen LogP contribution is -2.12. The molecule has 3 rings (SSSR count). The first-order valence-electron chi connectivity index (χ1n) is 9.84. The first-order chi connectivity index (χ1) is 13.1. The Morgan fingerprint density at radius 1 is 1.07 bits per heavy atom. The molecule has 1 aliphatic rings. The average Bonchev–Trinajstić information content (AvgIpc) is 3.20. The van der Waals surface area contributed by atoms with Crippen molar-refractivity contribution in [2.45, 2.75) is 60.3 Å². The third-order valence-electron chi connectivity index (χ3n) is 3.80. The zero-order valence-electron chi connectivity index (χ0n) is 18.2. The number of pyridine rings is 1. The topological polar surface area (TPSA) is 60.5 Å². The number of hydrogen-bond acceptors (Lipinski definition) is 4. The van der Waals surface area contributed by atoms with Gasteiger partial charge in [0.15, 0.2) is 0 Å². The molecule has 0 unspecified atom stereocenters. The molecule has 0 atom stereocenters. The van der Waals surface area contributed by atoms with Crippen molar-refractivity contribution in [1.82, 2.24) is 10.3 Å². The van der Waals surface area contributed by atoms with Gasteiger partial charge in [0.2, 0.25) is 11.8 Å². The number of benzene rings is 1. The number of carbonyl (C=O) groups excluding carboxylic acids is 1. The number of nitrogens with zero attached hydrogens (tertiary/aromatic N) is 1. The van der Waals surface area contributed by atoms with Gasteiger partial charge in [-0.05, 0) is 41.5 Å². The van der Waals surface area contributed by atoms with Crippen molar-refractivity contribution >= 4 is 16.7 Å². The van der Waals surface area contributed by atoms with Crippen molar-refractivity contribution in [2.24, 2.45) is 0 Å². The Morgan fingerprint density at radius 2 is 1.74 bits per heavy atom. The van der Waals surface area contributed by atoms with Crippen LogP contribution in [0.25, 0.3) is 10.8 Å². The zero-order chi connectivity index (χ0) is 20.8. The zero-order valence-corrected chi connectivity index (χ0v) is 18.2. The highest BCUT2D eigenvalue weighted by Crippen LogP contribution is 2.34. The van der Waals surface area contributed by atoms with Gasteiger partial charge in [0, 0.05) is 24.5 Å². The van der Waals surface area contributed by atoms with Gasteiger partial charge in [-0.3, -0.25) is 4.79 Å². The van der Waals surface area contributed by atoms with Crippen LogP contribution in [0.1, 0.15) is 65.9 Å². The predicted octanol–water partition coefficient (Wildman–Crippen LogP) is 5.32. The molecular formula is C22H36N2O3. The molecule has 1 amide bonds. The fourth-order valence-electron chi connectivity index (χ4n) is 2.55. The lowest BCUT2D eigenvalue weighted by atomic mass is 9.98. The second kappa shape index (κ2) is 13.8. The van der Waals surface area contributed by atoms with Gasteiger partial charge in [0.1, 0.15) is 5.75 Å². The van der Waals surface area contributed by atoms with Gasteiger partial charge in [-0.2, -0.15) is 0 Å². The van der Waals surface area contributed by atoms with Gasteiger partial charge >= 0.3 is 0 Å². The molecule has 1 N–H and O–H groups in total. The van der Waals surface area contributed by atoms with E-state index in [2.05, 4.69) is 30.2 Å². The molecule has 0 aliphatic carbocycles. The van der Waals surface area contributed by atoms with Crippen LogP contribution in [-0.4, -0.2) is 31.7 Å². The highest BCUT2D eigenvalue weighted by Gasteiger charge is 2.11. The number of carbonyl (C=O) groups is 1. The Hall–Kier alpha value is -2.30. The van der Waals surface area contributed by atoms with Gasteiger partial charge < -0.3 is 14.8 Å². The van der Waals surface area contributed by atoms with Crippen LogP contribution in [0.3, 0.4) is 0 Å². The van der Waals surface area contributed by atoms with Crippen LogP contribution >= 0.6 is 0 Å². The fraction of sp³-hybridized carbons (Fsp3) is 0.545. The number of aromatic nitrogens is 1. The Bertz CT molecular complexity index is 677. The van der Waals surface area contributed by atoms with E-state index in [0.717, 1.165) is 35.9 Å². The van der Waals surface area contributed by atoms with Gasteiger partial charge in [0.25, 0.3) is 0 Å². The largest absolute Gasteiger partial charge is 0.496 e. The molecule has 2 aromatic rings. The summed E-state index contributed by atoms with van der Waals surface area (Å²) in [7, 11) is 3.32. The van der Waals surface area contributed by atoms with Crippen LogP contribution in [0.4, 0.5) is 0 Å². The van der Waals surface area contributed by atoms with Crippen LogP contribution in [0.15, 0.2) is 24.4 Å². The average molecular weight is 377 g/mol. The molecule has 0 saturated carbocycles. The minimum atomic E-state index is 0.204. The predicted molar refractivity (Wildman–Crippen MR) is 114 cm³/mol. The lowest BCUT2D eigenvalue weighted by Gasteiger charge is -2.14.